The highest BCUT2D eigenvalue weighted by atomic mass is 16.5. The second-order valence-corrected chi connectivity index (χ2v) is 7.54. The fourth-order valence-electron chi connectivity index (χ4n) is 4.12. The van der Waals surface area contributed by atoms with Crippen LogP contribution in [0.5, 0.6) is 5.75 Å². The van der Waals surface area contributed by atoms with Crippen molar-refractivity contribution >= 4 is 11.8 Å². The number of piperazine rings is 1. The summed E-state index contributed by atoms with van der Waals surface area (Å²) in [4.78, 5) is 29.1. The largest absolute Gasteiger partial charge is 0.497 e. The molecule has 1 aliphatic carbocycles. The van der Waals surface area contributed by atoms with Crippen LogP contribution in [-0.4, -0.2) is 54.9 Å². The summed E-state index contributed by atoms with van der Waals surface area (Å²) in [7, 11) is 1.59. The van der Waals surface area contributed by atoms with Crippen molar-refractivity contribution in [1.29, 1.82) is 0 Å². The van der Waals surface area contributed by atoms with E-state index in [2.05, 4.69) is 18.2 Å². The number of nitrogens with zero attached hydrogens (tertiary/aromatic N) is 2. The predicted molar refractivity (Wildman–Crippen MR) is 108 cm³/mol. The van der Waals surface area contributed by atoms with Crippen molar-refractivity contribution in [2.45, 2.75) is 25.7 Å². The van der Waals surface area contributed by atoms with Gasteiger partial charge in [0, 0.05) is 31.7 Å². The average molecular weight is 378 g/mol. The van der Waals surface area contributed by atoms with Gasteiger partial charge in [0.15, 0.2) is 0 Å². The summed E-state index contributed by atoms with van der Waals surface area (Å²) in [5.41, 5.74) is 4.55. The molecule has 0 unspecified atom stereocenters. The van der Waals surface area contributed by atoms with Crippen molar-refractivity contribution in [1.82, 2.24) is 9.80 Å². The lowest BCUT2D eigenvalue weighted by molar-refractivity contribution is -0.131. The second-order valence-electron chi connectivity index (χ2n) is 7.54. The zero-order valence-corrected chi connectivity index (χ0v) is 16.3. The summed E-state index contributed by atoms with van der Waals surface area (Å²) in [5, 5.41) is 0. The number of hydrogen-bond donors (Lipinski definition) is 0. The van der Waals surface area contributed by atoms with Crippen LogP contribution in [-0.2, 0) is 24.1 Å². The Morgan fingerprint density at radius 1 is 0.929 bits per heavy atom. The first-order chi connectivity index (χ1) is 13.6. The Hall–Kier alpha value is -2.82. The molecule has 4 rings (SSSR count). The minimum Gasteiger partial charge on any atom is -0.497 e. The SMILES string of the molecule is COc1cccc(C(=O)N2CCN(C(=O)Cc3ccc4c(c3)CCC4)CC2)c1. The predicted octanol–water partition coefficient (Wildman–Crippen LogP) is 2.71. The van der Waals surface area contributed by atoms with E-state index in [1.165, 1.54) is 17.5 Å². The molecule has 5 nitrogen and oxygen atoms in total. The third kappa shape index (κ3) is 3.88. The Morgan fingerprint density at radius 2 is 1.68 bits per heavy atom. The van der Waals surface area contributed by atoms with Gasteiger partial charge >= 0.3 is 0 Å². The Bertz CT molecular complexity index is 885. The van der Waals surface area contributed by atoms with Gasteiger partial charge in [0.1, 0.15) is 5.75 Å². The molecule has 28 heavy (non-hydrogen) atoms. The third-order valence-electron chi connectivity index (χ3n) is 5.75. The van der Waals surface area contributed by atoms with E-state index in [4.69, 9.17) is 4.74 Å². The maximum Gasteiger partial charge on any atom is 0.254 e. The molecule has 1 heterocycles. The van der Waals surface area contributed by atoms with Crippen molar-refractivity contribution in [2.75, 3.05) is 33.3 Å². The summed E-state index contributed by atoms with van der Waals surface area (Å²) in [6.45, 7) is 2.29. The number of hydrogen-bond acceptors (Lipinski definition) is 3. The van der Waals surface area contributed by atoms with Gasteiger partial charge in [-0.25, -0.2) is 0 Å². The molecule has 0 atom stereocenters. The first kappa shape index (κ1) is 18.5. The summed E-state index contributed by atoms with van der Waals surface area (Å²) in [6, 6.07) is 13.7. The summed E-state index contributed by atoms with van der Waals surface area (Å²) < 4.78 is 5.20. The van der Waals surface area contributed by atoms with Crippen LogP contribution in [0.4, 0.5) is 0 Å². The quantitative estimate of drug-likeness (QED) is 0.822. The Kier molecular flexibility index (Phi) is 5.33. The molecule has 2 aliphatic rings. The van der Waals surface area contributed by atoms with Crippen molar-refractivity contribution < 1.29 is 14.3 Å². The van der Waals surface area contributed by atoms with Gasteiger partial charge in [0.25, 0.3) is 5.91 Å². The third-order valence-corrected chi connectivity index (χ3v) is 5.75. The summed E-state index contributed by atoms with van der Waals surface area (Å²) >= 11 is 0. The molecular weight excluding hydrogens is 352 g/mol. The van der Waals surface area contributed by atoms with Crippen LogP contribution >= 0.6 is 0 Å². The summed E-state index contributed by atoms with van der Waals surface area (Å²) in [6.07, 6.45) is 3.95. The number of benzene rings is 2. The fraction of sp³-hybridized carbons (Fsp3) is 0.391. The van der Waals surface area contributed by atoms with Gasteiger partial charge in [0.2, 0.25) is 5.91 Å². The van der Waals surface area contributed by atoms with Gasteiger partial charge in [-0.1, -0.05) is 24.3 Å². The number of aryl methyl sites for hydroxylation is 2. The van der Waals surface area contributed by atoms with Crippen LogP contribution in [0.2, 0.25) is 0 Å². The molecule has 1 aliphatic heterocycles. The molecule has 2 aromatic rings. The maximum absolute atomic E-state index is 12.7. The highest BCUT2D eigenvalue weighted by Gasteiger charge is 2.25. The van der Waals surface area contributed by atoms with Gasteiger partial charge in [-0.3, -0.25) is 9.59 Å². The maximum atomic E-state index is 12.7. The topological polar surface area (TPSA) is 49.9 Å². The van der Waals surface area contributed by atoms with E-state index in [0.717, 1.165) is 18.4 Å². The van der Waals surface area contributed by atoms with E-state index in [-0.39, 0.29) is 11.8 Å². The molecule has 1 fully saturated rings. The molecule has 0 bridgehead atoms. The second kappa shape index (κ2) is 8.05. The summed E-state index contributed by atoms with van der Waals surface area (Å²) in [5.74, 6) is 0.810. The smallest absolute Gasteiger partial charge is 0.254 e. The van der Waals surface area contributed by atoms with Gasteiger partial charge in [-0.05, 0) is 54.2 Å². The highest BCUT2D eigenvalue weighted by Crippen LogP contribution is 2.23. The normalized spacial score (nSPS) is 16.0. The molecule has 2 aromatic carbocycles. The number of carbonyl (C=O) groups excluding carboxylic acids is 2. The Morgan fingerprint density at radius 3 is 2.46 bits per heavy atom. The molecule has 0 N–H and O–H groups in total. The van der Waals surface area contributed by atoms with Crippen LogP contribution < -0.4 is 4.74 Å². The first-order valence-corrected chi connectivity index (χ1v) is 9.96. The van der Waals surface area contributed by atoms with E-state index < -0.39 is 0 Å². The fourth-order valence-corrected chi connectivity index (χ4v) is 4.12. The molecule has 5 heteroatoms. The van der Waals surface area contributed by atoms with E-state index >= 15 is 0 Å². The molecule has 0 spiro atoms. The number of fused-ring (bicyclic) bond motifs is 1. The van der Waals surface area contributed by atoms with Crippen molar-refractivity contribution in [3.8, 4) is 5.75 Å². The standard InChI is InChI=1S/C23H26N2O3/c1-28-21-7-3-6-20(16-21)23(27)25-12-10-24(11-13-25)22(26)15-17-8-9-18-4-2-5-19(18)14-17/h3,6-9,14,16H,2,4-5,10-13,15H2,1H3. The number of ether oxygens (including phenoxy) is 1. The molecular formula is C23H26N2O3. The molecule has 0 saturated carbocycles. The van der Waals surface area contributed by atoms with Crippen LogP contribution in [0.25, 0.3) is 0 Å². The molecule has 0 radical (unpaired) electrons. The Balaban J connectivity index is 1.33. The van der Waals surface area contributed by atoms with Gasteiger partial charge in [0.05, 0.1) is 13.5 Å². The van der Waals surface area contributed by atoms with E-state index in [1.807, 2.05) is 21.9 Å². The molecule has 0 aromatic heterocycles. The molecule has 2 amide bonds. The minimum atomic E-state index is -0.00961. The lowest BCUT2D eigenvalue weighted by atomic mass is 10.0. The number of rotatable bonds is 4. The van der Waals surface area contributed by atoms with Gasteiger partial charge in [-0.2, -0.15) is 0 Å². The lowest BCUT2D eigenvalue weighted by Gasteiger charge is -2.35. The van der Waals surface area contributed by atoms with Gasteiger partial charge in [-0.15, -0.1) is 0 Å². The van der Waals surface area contributed by atoms with Crippen molar-refractivity contribution in [3.05, 3.63) is 64.7 Å². The number of methoxy groups -OCH3 is 1. The van der Waals surface area contributed by atoms with Crippen molar-refractivity contribution in [2.24, 2.45) is 0 Å². The first-order valence-electron chi connectivity index (χ1n) is 9.96. The zero-order chi connectivity index (χ0) is 19.5. The Labute approximate surface area is 165 Å². The monoisotopic (exact) mass is 378 g/mol. The minimum absolute atomic E-state index is 0.00961. The number of amides is 2. The van der Waals surface area contributed by atoms with Crippen molar-refractivity contribution in [3.63, 3.8) is 0 Å². The lowest BCUT2D eigenvalue weighted by Crippen LogP contribution is -2.51. The van der Waals surface area contributed by atoms with Crippen LogP contribution in [0.1, 0.15) is 33.5 Å². The molecule has 1 saturated heterocycles. The van der Waals surface area contributed by atoms with Crippen LogP contribution in [0.3, 0.4) is 0 Å². The van der Waals surface area contributed by atoms with E-state index in [0.29, 0.717) is 43.9 Å². The zero-order valence-electron chi connectivity index (χ0n) is 16.3. The highest BCUT2D eigenvalue weighted by molar-refractivity contribution is 5.94. The van der Waals surface area contributed by atoms with Crippen LogP contribution in [0, 0.1) is 0 Å². The number of carbonyl (C=O) groups is 2. The molecule has 146 valence electrons. The van der Waals surface area contributed by atoms with Crippen LogP contribution in [0.15, 0.2) is 42.5 Å². The average Bonchev–Trinajstić information content (AvgIpc) is 3.21. The van der Waals surface area contributed by atoms with E-state index in [9.17, 15) is 9.59 Å². The van der Waals surface area contributed by atoms with E-state index in [1.54, 1.807) is 19.2 Å². The van der Waals surface area contributed by atoms with Gasteiger partial charge < -0.3 is 14.5 Å².